The van der Waals surface area contributed by atoms with Crippen LogP contribution in [0.5, 0.6) is 5.75 Å². The number of likely N-dealkylation sites (tertiary alicyclic amines) is 1. The zero-order valence-corrected chi connectivity index (χ0v) is 13.5. The first-order valence-electron chi connectivity index (χ1n) is 6.93. The van der Waals surface area contributed by atoms with Crippen LogP contribution in [0.15, 0.2) is 24.3 Å². The minimum Gasteiger partial charge on any atom is -0.484 e. The molecule has 2 aliphatic heterocycles. The summed E-state index contributed by atoms with van der Waals surface area (Å²) in [4.78, 5) is 14.0. The van der Waals surface area contributed by atoms with E-state index in [1.165, 1.54) is 0 Å². The van der Waals surface area contributed by atoms with Gasteiger partial charge < -0.3 is 14.4 Å². The van der Waals surface area contributed by atoms with Gasteiger partial charge in [0.05, 0.1) is 10.9 Å². The van der Waals surface area contributed by atoms with Crippen molar-refractivity contribution in [1.82, 2.24) is 4.90 Å². The second-order valence-corrected chi connectivity index (χ2v) is 7.48. The van der Waals surface area contributed by atoms with E-state index >= 15 is 0 Å². The summed E-state index contributed by atoms with van der Waals surface area (Å²) in [6.45, 7) is 1.67. The Bertz CT molecular complexity index is 533. The monoisotopic (exact) mass is 327 g/mol. The molecule has 0 radical (unpaired) electrons. The Morgan fingerprint density at radius 1 is 1.52 bits per heavy atom. The molecule has 4 nitrogen and oxygen atoms in total. The maximum absolute atomic E-state index is 12.1. The van der Waals surface area contributed by atoms with Crippen LogP contribution in [0, 0.1) is 0 Å². The highest BCUT2D eigenvalue weighted by Crippen LogP contribution is 2.45. The number of benzene rings is 1. The molecule has 0 bridgehead atoms. The number of ether oxygens (including phenoxy) is 2. The van der Waals surface area contributed by atoms with Crippen molar-refractivity contribution in [3.8, 4) is 5.75 Å². The van der Waals surface area contributed by atoms with Gasteiger partial charge in [0.2, 0.25) is 0 Å². The van der Waals surface area contributed by atoms with E-state index in [1.807, 2.05) is 16.7 Å². The molecular weight excluding hydrogens is 310 g/mol. The van der Waals surface area contributed by atoms with E-state index in [0.717, 1.165) is 25.3 Å². The molecule has 3 rings (SSSR count). The third-order valence-corrected chi connectivity index (χ3v) is 5.79. The molecule has 1 spiro atoms. The zero-order chi connectivity index (χ0) is 14.9. The molecule has 0 N–H and O–H groups in total. The van der Waals surface area contributed by atoms with Crippen LogP contribution < -0.4 is 4.74 Å². The molecule has 1 atom stereocenters. The Kier molecular flexibility index (Phi) is 4.33. The number of nitrogens with zero attached hydrogens (tertiary/aromatic N) is 1. The van der Waals surface area contributed by atoms with Crippen molar-refractivity contribution < 1.29 is 14.3 Å². The van der Waals surface area contributed by atoms with Crippen molar-refractivity contribution in [3.63, 3.8) is 0 Å². The number of methoxy groups -OCH3 is 1. The first-order chi connectivity index (χ1) is 10.1. The number of hydrogen-bond acceptors (Lipinski definition) is 4. The van der Waals surface area contributed by atoms with Crippen molar-refractivity contribution in [2.24, 2.45) is 0 Å². The Labute approximate surface area is 133 Å². The van der Waals surface area contributed by atoms with Crippen molar-refractivity contribution in [1.29, 1.82) is 0 Å². The molecule has 2 aliphatic rings. The highest BCUT2D eigenvalue weighted by molar-refractivity contribution is 8.01. The van der Waals surface area contributed by atoms with Gasteiger partial charge in [-0.2, -0.15) is 0 Å². The molecule has 1 amide bonds. The van der Waals surface area contributed by atoms with Gasteiger partial charge in [-0.25, -0.2) is 0 Å². The normalized spacial score (nSPS) is 23.1. The molecule has 1 aromatic rings. The van der Waals surface area contributed by atoms with Crippen LogP contribution in [0.2, 0.25) is 5.02 Å². The van der Waals surface area contributed by atoms with Gasteiger partial charge in [0, 0.05) is 31.0 Å². The van der Waals surface area contributed by atoms with Crippen molar-refractivity contribution in [2.75, 3.05) is 32.6 Å². The smallest absolute Gasteiger partial charge is 0.260 e. The van der Waals surface area contributed by atoms with Gasteiger partial charge in [0.15, 0.2) is 6.61 Å². The van der Waals surface area contributed by atoms with Crippen molar-refractivity contribution >= 4 is 29.3 Å². The summed E-state index contributed by atoms with van der Waals surface area (Å²) in [5, 5.41) is 0.607. The molecule has 114 valence electrons. The SMILES string of the molecule is CO[C@@H]1CSC2(C1)CN(C(=O)COc1cccc(Cl)c1)C2. The number of hydrogen-bond donors (Lipinski definition) is 0. The van der Waals surface area contributed by atoms with Crippen molar-refractivity contribution in [3.05, 3.63) is 29.3 Å². The third-order valence-electron chi connectivity index (χ3n) is 3.98. The second kappa shape index (κ2) is 6.07. The molecule has 1 aromatic carbocycles. The largest absolute Gasteiger partial charge is 0.484 e. The average molecular weight is 328 g/mol. The molecular formula is C15H18ClNO3S. The van der Waals surface area contributed by atoms with E-state index in [-0.39, 0.29) is 17.3 Å². The lowest BCUT2D eigenvalue weighted by Gasteiger charge is -2.47. The first-order valence-corrected chi connectivity index (χ1v) is 8.29. The number of thioether (sulfide) groups is 1. The second-order valence-electron chi connectivity index (χ2n) is 5.55. The summed E-state index contributed by atoms with van der Waals surface area (Å²) in [5.74, 6) is 1.68. The fourth-order valence-electron chi connectivity index (χ4n) is 2.79. The Morgan fingerprint density at radius 2 is 2.33 bits per heavy atom. The molecule has 2 saturated heterocycles. The molecule has 0 unspecified atom stereocenters. The van der Waals surface area contributed by atoms with Crippen LogP contribution in [-0.2, 0) is 9.53 Å². The molecule has 2 fully saturated rings. The van der Waals surface area contributed by atoms with Gasteiger partial charge in [-0.05, 0) is 24.6 Å². The molecule has 0 aliphatic carbocycles. The number of carbonyl (C=O) groups is 1. The van der Waals surface area contributed by atoms with Gasteiger partial charge >= 0.3 is 0 Å². The summed E-state index contributed by atoms with van der Waals surface area (Å²) in [6.07, 6.45) is 1.36. The van der Waals surface area contributed by atoms with E-state index < -0.39 is 0 Å². The highest BCUT2D eigenvalue weighted by atomic mass is 35.5. The summed E-state index contributed by atoms with van der Waals surface area (Å²) >= 11 is 7.81. The van der Waals surface area contributed by atoms with Crippen LogP contribution in [0.4, 0.5) is 0 Å². The van der Waals surface area contributed by atoms with Crippen LogP contribution in [0.3, 0.4) is 0 Å². The van der Waals surface area contributed by atoms with Gasteiger partial charge in [0.25, 0.3) is 5.91 Å². The van der Waals surface area contributed by atoms with Crippen LogP contribution in [-0.4, -0.2) is 54.2 Å². The molecule has 0 aromatic heterocycles. The van der Waals surface area contributed by atoms with Crippen molar-refractivity contribution in [2.45, 2.75) is 17.3 Å². The van der Waals surface area contributed by atoms with Crippen LogP contribution in [0.25, 0.3) is 0 Å². The highest BCUT2D eigenvalue weighted by Gasteiger charge is 2.50. The average Bonchev–Trinajstić information content (AvgIpc) is 2.88. The van der Waals surface area contributed by atoms with Gasteiger partial charge in [-0.3, -0.25) is 4.79 Å². The minimum atomic E-state index is 0.0297. The fourth-order valence-corrected chi connectivity index (χ4v) is 4.56. The summed E-state index contributed by atoms with van der Waals surface area (Å²) in [7, 11) is 1.75. The molecule has 21 heavy (non-hydrogen) atoms. The Morgan fingerprint density at radius 3 is 3.00 bits per heavy atom. The van der Waals surface area contributed by atoms with E-state index in [9.17, 15) is 4.79 Å². The van der Waals surface area contributed by atoms with E-state index in [0.29, 0.717) is 16.9 Å². The zero-order valence-electron chi connectivity index (χ0n) is 11.9. The maximum atomic E-state index is 12.1. The van der Waals surface area contributed by atoms with E-state index in [4.69, 9.17) is 21.1 Å². The molecule has 6 heteroatoms. The quantitative estimate of drug-likeness (QED) is 0.851. The fraction of sp³-hybridized carbons (Fsp3) is 0.533. The first kappa shape index (κ1) is 15.0. The van der Waals surface area contributed by atoms with E-state index in [2.05, 4.69) is 0 Å². The van der Waals surface area contributed by atoms with Crippen LogP contribution >= 0.6 is 23.4 Å². The van der Waals surface area contributed by atoms with Gasteiger partial charge in [-0.15, -0.1) is 11.8 Å². The number of carbonyl (C=O) groups excluding carboxylic acids is 1. The summed E-state index contributed by atoms with van der Waals surface area (Å²) < 4.78 is 11.1. The topological polar surface area (TPSA) is 38.8 Å². The van der Waals surface area contributed by atoms with E-state index in [1.54, 1.807) is 31.4 Å². The number of rotatable bonds is 4. The lowest BCUT2D eigenvalue weighted by Crippen LogP contribution is -2.61. The summed E-state index contributed by atoms with van der Waals surface area (Å²) in [6, 6.07) is 7.09. The standard InChI is InChI=1S/C15H18ClNO3S/c1-19-13-6-15(21-8-13)9-17(10-15)14(18)7-20-12-4-2-3-11(16)5-12/h2-5,13H,6-10H2,1H3/t13-/m0/s1. The minimum absolute atomic E-state index is 0.0297. The predicted molar refractivity (Wildman–Crippen MR) is 84.1 cm³/mol. The number of amides is 1. The number of halogens is 1. The lowest BCUT2D eigenvalue weighted by atomic mass is 9.93. The predicted octanol–water partition coefficient (Wildman–Crippen LogP) is 2.45. The van der Waals surface area contributed by atoms with Gasteiger partial charge in [0.1, 0.15) is 5.75 Å². The van der Waals surface area contributed by atoms with Crippen LogP contribution in [0.1, 0.15) is 6.42 Å². The Balaban J connectivity index is 1.46. The summed E-state index contributed by atoms with van der Waals surface area (Å²) in [5.41, 5.74) is 0. The molecule has 0 saturated carbocycles. The van der Waals surface area contributed by atoms with Gasteiger partial charge in [-0.1, -0.05) is 17.7 Å². The lowest BCUT2D eigenvalue weighted by molar-refractivity contribution is -0.138. The third kappa shape index (κ3) is 3.30. The Hall–Kier alpha value is -0.910. The molecule has 2 heterocycles. The maximum Gasteiger partial charge on any atom is 0.260 e.